The van der Waals surface area contributed by atoms with E-state index in [4.69, 9.17) is 0 Å². The predicted molar refractivity (Wildman–Crippen MR) is 75.0 cm³/mol. The standard InChI is InChI=1S/C14H20FN3O2/c1-10-7-13(5-6-17(10)2)16-9-11-8-12(15)3-4-14(11)18(19)20/h3-4,8,10,13,16H,5-7,9H2,1-2H3. The highest BCUT2D eigenvalue weighted by Crippen LogP contribution is 2.21. The van der Waals surface area contributed by atoms with Gasteiger partial charge in [0.2, 0.25) is 0 Å². The van der Waals surface area contributed by atoms with E-state index in [1.165, 1.54) is 12.1 Å². The summed E-state index contributed by atoms with van der Waals surface area (Å²) in [6.07, 6.45) is 2.00. The van der Waals surface area contributed by atoms with E-state index in [1.54, 1.807) is 0 Å². The third-order valence-corrected chi connectivity index (χ3v) is 4.03. The lowest BCUT2D eigenvalue weighted by Crippen LogP contribution is -2.45. The van der Waals surface area contributed by atoms with E-state index in [0.29, 0.717) is 24.2 Å². The first-order valence-corrected chi connectivity index (χ1v) is 6.84. The topological polar surface area (TPSA) is 58.4 Å². The third kappa shape index (κ3) is 3.52. The Morgan fingerprint density at radius 1 is 1.55 bits per heavy atom. The van der Waals surface area contributed by atoms with Crippen molar-refractivity contribution in [2.45, 2.75) is 38.4 Å². The molecule has 0 saturated carbocycles. The van der Waals surface area contributed by atoms with Crippen LogP contribution in [-0.2, 0) is 6.54 Å². The molecular weight excluding hydrogens is 261 g/mol. The molecule has 1 aliphatic heterocycles. The molecule has 1 N–H and O–H groups in total. The van der Waals surface area contributed by atoms with Crippen LogP contribution >= 0.6 is 0 Å². The zero-order valence-electron chi connectivity index (χ0n) is 11.8. The quantitative estimate of drug-likeness (QED) is 0.679. The lowest BCUT2D eigenvalue weighted by atomic mass is 9.98. The zero-order valence-corrected chi connectivity index (χ0v) is 11.8. The summed E-state index contributed by atoms with van der Waals surface area (Å²) in [5.74, 6) is -0.441. The summed E-state index contributed by atoms with van der Waals surface area (Å²) in [6.45, 7) is 3.50. The number of hydrogen-bond acceptors (Lipinski definition) is 4. The van der Waals surface area contributed by atoms with Crippen LogP contribution in [-0.4, -0.2) is 35.5 Å². The molecule has 0 aromatic heterocycles. The van der Waals surface area contributed by atoms with Gasteiger partial charge in [-0.2, -0.15) is 0 Å². The number of nitro groups is 1. The van der Waals surface area contributed by atoms with Gasteiger partial charge in [0, 0.05) is 30.3 Å². The Bertz CT molecular complexity index is 495. The second kappa shape index (κ2) is 6.28. The summed E-state index contributed by atoms with van der Waals surface area (Å²) in [5, 5.41) is 14.2. The molecule has 0 bridgehead atoms. The van der Waals surface area contributed by atoms with Gasteiger partial charge in [0.25, 0.3) is 5.69 Å². The molecule has 1 aromatic rings. The van der Waals surface area contributed by atoms with Crippen molar-refractivity contribution in [3.63, 3.8) is 0 Å². The van der Waals surface area contributed by atoms with Crippen LogP contribution in [0.1, 0.15) is 25.3 Å². The maximum absolute atomic E-state index is 13.2. The van der Waals surface area contributed by atoms with Crippen molar-refractivity contribution in [3.05, 3.63) is 39.7 Å². The van der Waals surface area contributed by atoms with Gasteiger partial charge in [-0.05, 0) is 45.5 Å². The summed E-state index contributed by atoms with van der Waals surface area (Å²) in [7, 11) is 2.10. The number of nitrogens with zero attached hydrogens (tertiary/aromatic N) is 2. The van der Waals surface area contributed by atoms with E-state index in [0.717, 1.165) is 25.5 Å². The average molecular weight is 281 g/mol. The normalized spacial score (nSPS) is 23.8. The fourth-order valence-corrected chi connectivity index (χ4v) is 2.60. The number of benzene rings is 1. The minimum absolute atomic E-state index is 0.0279. The molecule has 110 valence electrons. The zero-order chi connectivity index (χ0) is 14.7. The van der Waals surface area contributed by atoms with Gasteiger partial charge < -0.3 is 10.2 Å². The van der Waals surface area contributed by atoms with E-state index in [2.05, 4.69) is 24.2 Å². The van der Waals surface area contributed by atoms with Crippen LogP contribution in [0.2, 0.25) is 0 Å². The van der Waals surface area contributed by atoms with Gasteiger partial charge in [-0.15, -0.1) is 0 Å². The molecule has 1 aliphatic rings. The number of halogens is 1. The number of likely N-dealkylation sites (tertiary alicyclic amines) is 1. The van der Waals surface area contributed by atoms with Gasteiger partial charge in [0.1, 0.15) is 5.82 Å². The molecule has 0 aliphatic carbocycles. The third-order valence-electron chi connectivity index (χ3n) is 4.03. The lowest BCUT2D eigenvalue weighted by Gasteiger charge is -2.35. The number of rotatable bonds is 4. The van der Waals surface area contributed by atoms with Gasteiger partial charge in [0.05, 0.1) is 4.92 Å². The molecule has 6 heteroatoms. The summed E-state index contributed by atoms with van der Waals surface area (Å²) in [6, 6.07) is 4.40. The number of nitrogens with one attached hydrogen (secondary N) is 1. The fourth-order valence-electron chi connectivity index (χ4n) is 2.60. The Hall–Kier alpha value is -1.53. The molecule has 0 radical (unpaired) electrons. The molecule has 1 aromatic carbocycles. The summed E-state index contributed by atoms with van der Waals surface area (Å²) < 4.78 is 13.2. The van der Waals surface area contributed by atoms with Gasteiger partial charge in [-0.1, -0.05) is 0 Å². The second-order valence-corrected chi connectivity index (χ2v) is 5.46. The Morgan fingerprint density at radius 2 is 2.30 bits per heavy atom. The Balaban J connectivity index is 2.00. The number of nitro benzene ring substituents is 1. The van der Waals surface area contributed by atoms with Crippen LogP contribution in [0.25, 0.3) is 0 Å². The monoisotopic (exact) mass is 281 g/mol. The molecule has 0 spiro atoms. The van der Waals surface area contributed by atoms with Crippen LogP contribution in [0, 0.1) is 15.9 Å². The summed E-state index contributed by atoms with van der Waals surface area (Å²) in [4.78, 5) is 12.8. The Morgan fingerprint density at radius 3 is 2.95 bits per heavy atom. The fraction of sp³-hybridized carbons (Fsp3) is 0.571. The van der Waals surface area contributed by atoms with E-state index in [1.807, 2.05) is 0 Å². The molecule has 2 rings (SSSR count). The van der Waals surface area contributed by atoms with Gasteiger partial charge >= 0.3 is 0 Å². The van der Waals surface area contributed by atoms with Crippen molar-refractivity contribution < 1.29 is 9.31 Å². The highest BCUT2D eigenvalue weighted by atomic mass is 19.1. The largest absolute Gasteiger partial charge is 0.310 e. The molecule has 1 heterocycles. The minimum atomic E-state index is -0.465. The van der Waals surface area contributed by atoms with Crippen molar-refractivity contribution >= 4 is 5.69 Å². The van der Waals surface area contributed by atoms with E-state index in [9.17, 15) is 14.5 Å². The highest BCUT2D eigenvalue weighted by Gasteiger charge is 2.23. The van der Waals surface area contributed by atoms with Crippen LogP contribution in [0.3, 0.4) is 0 Å². The lowest BCUT2D eigenvalue weighted by molar-refractivity contribution is -0.385. The van der Waals surface area contributed by atoms with E-state index >= 15 is 0 Å². The predicted octanol–water partition coefficient (Wildman–Crippen LogP) is 2.31. The van der Waals surface area contributed by atoms with Crippen molar-refractivity contribution in [2.75, 3.05) is 13.6 Å². The first-order chi connectivity index (χ1) is 9.47. The Kier molecular flexibility index (Phi) is 4.67. The van der Waals surface area contributed by atoms with E-state index in [-0.39, 0.29) is 5.69 Å². The Labute approximate surface area is 117 Å². The molecule has 1 fully saturated rings. The first-order valence-electron chi connectivity index (χ1n) is 6.84. The van der Waals surface area contributed by atoms with E-state index < -0.39 is 10.7 Å². The second-order valence-electron chi connectivity index (χ2n) is 5.46. The SMILES string of the molecule is CC1CC(NCc2cc(F)ccc2[N+](=O)[O-])CCN1C. The molecule has 1 saturated heterocycles. The number of piperidine rings is 1. The van der Waals surface area contributed by atoms with Gasteiger partial charge in [-0.25, -0.2) is 4.39 Å². The molecule has 5 nitrogen and oxygen atoms in total. The van der Waals surface area contributed by atoms with Crippen molar-refractivity contribution in [1.29, 1.82) is 0 Å². The molecule has 0 amide bonds. The van der Waals surface area contributed by atoms with Crippen molar-refractivity contribution in [3.8, 4) is 0 Å². The smallest absolute Gasteiger partial charge is 0.274 e. The highest BCUT2D eigenvalue weighted by molar-refractivity contribution is 5.40. The molecule has 2 unspecified atom stereocenters. The summed E-state index contributed by atoms with van der Waals surface area (Å²) >= 11 is 0. The minimum Gasteiger partial charge on any atom is -0.310 e. The molecule has 20 heavy (non-hydrogen) atoms. The van der Waals surface area contributed by atoms with Crippen molar-refractivity contribution in [1.82, 2.24) is 10.2 Å². The molecular formula is C14H20FN3O2. The average Bonchev–Trinajstić information content (AvgIpc) is 2.40. The number of hydrogen-bond donors (Lipinski definition) is 1. The van der Waals surface area contributed by atoms with Crippen LogP contribution in [0.15, 0.2) is 18.2 Å². The maximum Gasteiger partial charge on any atom is 0.274 e. The molecule has 2 atom stereocenters. The van der Waals surface area contributed by atoms with Crippen molar-refractivity contribution in [2.24, 2.45) is 0 Å². The van der Waals surface area contributed by atoms with Crippen LogP contribution < -0.4 is 5.32 Å². The van der Waals surface area contributed by atoms with Gasteiger partial charge in [0.15, 0.2) is 0 Å². The first kappa shape index (κ1) is 14.9. The summed E-state index contributed by atoms with van der Waals surface area (Å²) in [5.41, 5.74) is 0.376. The van der Waals surface area contributed by atoms with Crippen LogP contribution in [0.5, 0.6) is 0 Å². The van der Waals surface area contributed by atoms with Gasteiger partial charge in [-0.3, -0.25) is 10.1 Å². The maximum atomic E-state index is 13.2. The van der Waals surface area contributed by atoms with Crippen LogP contribution in [0.4, 0.5) is 10.1 Å².